The number of hydrogen-bond acceptors (Lipinski definition) is 4. The quantitative estimate of drug-likeness (QED) is 0.922. The van der Waals surface area contributed by atoms with Crippen LogP contribution in [0, 0.1) is 0 Å². The van der Waals surface area contributed by atoms with Crippen molar-refractivity contribution in [3.63, 3.8) is 0 Å². The molecule has 2 amide bonds. The molecule has 1 unspecified atom stereocenters. The number of halogens is 1. The highest BCUT2D eigenvalue weighted by molar-refractivity contribution is 7.12. The SMILES string of the molecule is O=C(NCC1CN(c2ccc(Cl)cc2)C(=O)CO1)c1cccs1. The van der Waals surface area contributed by atoms with Crippen molar-refractivity contribution in [2.24, 2.45) is 0 Å². The Morgan fingerprint density at radius 3 is 2.83 bits per heavy atom. The first kappa shape index (κ1) is 16.0. The number of rotatable bonds is 4. The van der Waals surface area contributed by atoms with E-state index < -0.39 is 0 Å². The van der Waals surface area contributed by atoms with Crippen molar-refractivity contribution in [2.75, 3.05) is 24.6 Å². The van der Waals surface area contributed by atoms with Gasteiger partial charge in [0.25, 0.3) is 11.8 Å². The van der Waals surface area contributed by atoms with Gasteiger partial charge in [0, 0.05) is 17.3 Å². The smallest absolute Gasteiger partial charge is 0.261 e. The van der Waals surface area contributed by atoms with Gasteiger partial charge in [-0.2, -0.15) is 0 Å². The fourth-order valence-electron chi connectivity index (χ4n) is 2.32. The molecule has 1 aromatic carbocycles. The van der Waals surface area contributed by atoms with Gasteiger partial charge in [0.15, 0.2) is 0 Å². The molecule has 0 aliphatic carbocycles. The highest BCUT2D eigenvalue weighted by atomic mass is 35.5. The van der Waals surface area contributed by atoms with Crippen molar-refractivity contribution < 1.29 is 14.3 Å². The molecular formula is C16H15ClN2O3S. The predicted octanol–water partition coefficient (Wildman–Crippen LogP) is 2.56. The van der Waals surface area contributed by atoms with E-state index in [2.05, 4.69) is 5.32 Å². The molecule has 1 fully saturated rings. The molecule has 1 aliphatic rings. The molecule has 1 N–H and O–H groups in total. The number of anilines is 1. The maximum Gasteiger partial charge on any atom is 0.261 e. The Labute approximate surface area is 142 Å². The van der Waals surface area contributed by atoms with E-state index >= 15 is 0 Å². The molecule has 0 radical (unpaired) electrons. The summed E-state index contributed by atoms with van der Waals surface area (Å²) >= 11 is 7.26. The van der Waals surface area contributed by atoms with Gasteiger partial charge < -0.3 is 15.0 Å². The molecule has 1 atom stereocenters. The lowest BCUT2D eigenvalue weighted by Gasteiger charge is -2.32. The average molecular weight is 351 g/mol. The maximum absolute atomic E-state index is 12.0. The van der Waals surface area contributed by atoms with E-state index in [1.165, 1.54) is 11.3 Å². The van der Waals surface area contributed by atoms with Crippen LogP contribution in [0.5, 0.6) is 0 Å². The first-order valence-corrected chi connectivity index (χ1v) is 8.38. The molecule has 1 aromatic heterocycles. The first-order valence-electron chi connectivity index (χ1n) is 7.13. The fraction of sp³-hybridized carbons (Fsp3) is 0.250. The van der Waals surface area contributed by atoms with E-state index in [-0.39, 0.29) is 24.5 Å². The number of morpholine rings is 1. The van der Waals surface area contributed by atoms with Crippen LogP contribution in [0.2, 0.25) is 5.02 Å². The Balaban J connectivity index is 1.60. The van der Waals surface area contributed by atoms with Gasteiger partial charge in [-0.1, -0.05) is 17.7 Å². The van der Waals surface area contributed by atoms with Gasteiger partial charge in [-0.3, -0.25) is 9.59 Å². The number of nitrogens with one attached hydrogen (secondary N) is 1. The minimum Gasteiger partial charge on any atom is -0.365 e. The number of carbonyl (C=O) groups is 2. The summed E-state index contributed by atoms with van der Waals surface area (Å²) in [7, 11) is 0. The lowest BCUT2D eigenvalue weighted by atomic mass is 10.2. The van der Waals surface area contributed by atoms with E-state index in [9.17, 15) is 9.59 Å². The topological polar surface area (TPSA) is 58.6 Å². The molecule has 7 heteroatoms. The molecule has 1 aliphatic heterocycles. The summed E-state index contributed by atoms with van der Waals surface area (Å²) in [5.41, 5.74) is 0.775. The van der Waals surface area contributed by atoms with Crippen molar-refractivity contribution in [1.29, 1.82) is 0 Å². The van der Waals surface area contributed by atoms with Gasteiger partial charge in [-0.05, 0) is 35.7 Å². The van der Waals surface area contributed by atoms with Crippen LogP contribution in [0.25, 0.3) is 0 Å². The number of carbonyl (C=O) groups excluding carboxylic acids is 2. The Morgan fingerprint density at radius 1 is 1.35 bits per heavy atom. The number of nitrogens with zero attached hydrogens (tertiary/aromatic N) is 1. The minimum absolute atomic E-state index is 0.00215. The lowest BCUT2D eigenvalue weighted by molar-refractivity contribution is -0.129. The molecule has 120 valence electrons. The summed E-state index contributed by atoms with van der Waals surface area (Å²) in [6.45, 7) is 0.751. The summed E-state index contributed by atoms with van der Waals surface area (Å²) in [6, 6.07) is 10.7. The second-order valence-corrected chi connectivity index (χ2v) is 6.49. The van der Waals surface area contributed by atoms with Crippen LogP contribution in [0.3, 0.4) is 0 Å². The summed E-state index contributed by atoms with van der Waals surface area (Å²) < 4.78 is 5.50. The van der Waals surface area contributed by atoms with Crippen molar-refractivity contribution in [3.8, 4) is 0 Å². The van der Waals surface area contributed by atoms with E-state index in [0.29, 0.717) is 23.0 Å². The molecule has 23 heavy (non-hydrogen) atoms. The third-order valence-corrected chi connectivity index (χ3v) is 4.62. The zero-order valence-electron chi connectivity index (χ0n) is 12.2. The fourth-order valence-corrected chi connectivity index (χ4v) is 3.09. The van der Waals surface area contributed by atoms with Gasteiger partial charge in [-0.25, -0.2) is 0 Å². The van der Waals surface area contributed by atoms with Gasteiger partial charge in [0.1, 0.15) is 6.61 Å². The maximum atomic E-state index is 12.0. The van der Waals surface area contributed by atoms with Crippen LogP contribution < -0.4 is 10.2 Å². The van der Waals surface area contributed by atoms with Gasteiger partial charge in [0.05, 0.1) is 17.5 Å². The number of hydrogen-bond donors (Lipinski definition) is 1. The zero-order valence-corrected chi connectivity index (χ0v) is 13.8. The minimum atomic E-state index is -0.243. The van der Waals surface area contributed by atoms with E-state index in [1.54, 1.807) is 35.2 Å². The molecule has 3 rings (SSSR count). The van der Waals surface area contributed by atoms with Crippen LogP contribution in [0.4, 0.5) is 5.69 Å². The second kappa shape index (κ2) is 7.12. The Kier molecular flexibility index (Phi) is 4.95. The molecule has 5 nitrogen and oxygen atoms in total. The van der Waals surface area contributed by atoms with Crippen molar-refractivity contribution in [3.05, 3.63) is 51.7 Å². The molecule has 0 bridgehead atoms. The normalized spacial score (nSPS) is 18.0. The molecule has 0 saturated carbocycles. The monoisotopic (exact) mass is 350 g/mol. The third-order valence-electron chi connectivity index (χ3n) is 3.50. The third kappa shape index (κ3) is 3.90. The summed E-state index contributed by atoms with van der Waals surface area (Å²) in [6.07, 6.45) is -0.243. The standard InChI is InChI=1S/C16H15ClN2O3S/c17-11-3-5-12(6-4-11)19-9-13(22-10-15(19)20)8-18-16(21)14-2-1-7-23-14/h1-7,13H,8-10H2,(H,18,21). The van der Waals surface area contributed by atoms with Gasteiger partial charge in [-0.15, -0.1) is 11.3 Å². The van der Waals surface area contributed by atoms with Crippen molar-refractivity contribution >= 4 is 40.4 Å². The van der Waals surface area contributed by atoms with Crippen LogP contribution in [-0.2, 0) is 9.53 Å². The first-order chi connectivity index (χ1) is 11.1. The van der Waals surface area contributed by atoms with Crippen LogP contribution in [0.15, 0.2) is 41.8 Å². The van der Waals surface area contributed by atoms with E-state index in [1.807, 2.05) is 11.4 Å². The molecular weight excluding hydrogens is 336 g/mol. The van der Waals surface area contributed by atoms with Crippen LogP contribution >= 0.6 is 22.9 Å². The predicted molar refractivity (Wildman–Crippen MR) is 90.2 cm³/mol. The van der Waals surface area contributed by atoms with Gasteiger partial charge in [0.2, 0.25) is 0 Å². The van der Waals surface area contributed by atoms with Crippen LogP contribution in [0.1, 0.15) is 9.67 Å². The van der Waals surface area contributed by atoms with Gasteiger partial charge >= 0.3 is 0 Å². The summed E-state index contributed by atoms with van der Waals surface area (Å²) in [4.78, 5) is 26.3. The number of amides is 2. The van der Waals surface area contributed by atoms with Crippen molar-refractivity contribution in [2.45, 2.75) is 6.10 Å². The molecule has 2 aromatic rings. The average Bonchev–Trinajstić information content (AvgIpc) is 3.09. The highest BCUT2D eigenvalue weighted by Crippen LogP contribution is 2.21. The van der Waals surface area contributed by atoms with E-state index in [0.717, 1.165) is 5.69 Å². The summed E-state index contributed by atoms with van der Waals surface area (Å²) in [5.74, 6) is -0.230. The Morgan fingerprint density at radius 2 is 2.13 bits per heavy atom. The molecule has 2 heterocycles. The number of thiophene rings is 1. The van der Waals surface area contributed by atoms with Crippen molar-refractivity contribution in [1.82, 2.24) is 5.32 Å². The molecule has 1 saturated heterocycles. The Bertz CT molecular complexity index is 688. The largest absolute Gasteiger partial charge is 0.365 e. The zero-order chi connectivity index (χ0) is 16.2. The number of ether oxygens (including phenoxy) is 1. The second-order valence-electron chi connectivity index (χ2n) is 5.10. The Hall–Kier alpha value is -1.89. The highest BCUT2D eigenvalue weighted by Gasteiger charge is 2.27. The lowest BCUT2D eigenvalue weighted by Crippen LogP contribution is -2.50. The summed E-state index contributed by atoms with van der Waals surface area (Å²) in [5, 5.41) is 5.31. The number of benzene rings is 1. The van der Waals surface area contributed by atoms with E-state index in [4.69, 9.17) is 16.3 Å². The molecule has 0 spiro atoms. The van der Waals surface area contributed by atoms with Crippen LogP contribution in [-0.4, -0.2) is 37.6 Å².